The standard InChI is InChI=1S/C32H23F5N4O5/c1-44-26-14-23-27(40-30(26)45-2)25(9-12-38-23)46-24-8-7-19(13-22(24)34)39-29(43)21-16-41(31(10-11-31)32(35,36)37)15-20(28(21)42)17-3-5-18(33)6-4-17/h3-9,12-16H,10-11H2,1-2H3,(H,39,43). The summed E-state index contributed by atoms with van der Waals surface area (Å²) in [6, 6.07) is 11.0. The molecule has 1 fully saturated rings. The van der Waals surface area contributed by atoms with Crippen LogP contribution in [0.25, 0.3) is 22.2 Å². The maximum atomic E-state index is 15.2. The molecule has 1 saturated carbocycles. The SMILES string of the molecule is COc1cc2nccc(Oc3ccc(NC(=O)c4cn(C5(C(F)(F)F)CC5)cc(-c5ccc(F)cc5)c4=O)cc3F)c2nc1OC. The van der Waals surface area contributed by atoms with Crippen LogP contribution in [-0.4, -0.2) is 40.8 Å². The molecule has 9 nitrogen and oxygen atoms in total. The molecule has 3 aromatic heterocycles. The third-order valence-corrected chi connectivity index (χ3v) is 7.60. The maximum absolute atomic E-state index is 15.2. The van der Waals surface area contributed by atoms with Gasteiger partial charge in [0.05, 0.1) is 19.7 Å². The summed E-state index contributed by atoms with van der Waals surface area (Å²) in [5.41, 5.74) is -3.38. The molecular formula is C32H23F5N4O5. The lowest BCUT2D eigenvalue weighted by Gasteiger charge is -2.24. The van der Waals surface area contributed by atoms with Gasteiger partial charge in [0.2, 0.25) is 5.43 Å². The fraction of sp³-hybridized carbons (Fsp3) is 0.188. The Kier molecular flexibility index (Phi) is 7.58. The van der Waals surface area contributed by atoms with Crippen LogP contribution in [0.2, 0.25) is 0 Å². The lowest BCUT2D eigenvalue weighted by atomic mass is 10.0. The van der Waals surface area contributed by atoms with E-state index in [1.54, 1.807) is 6.07 Å². The number of hydrogen-bond acceptors (Lipinski definition) is 7. The number of anilines is 1. The fourth-order valence-corrected chi connectivity index (χ4v) is 4.99. The average molecular weight is 639 g/mol. The van der Waals surface area contributed by atoms with Crippen molar-refractivity contribution in [2.24, 2.45) is 0 Å². The Balaban J connectivity index is 1.31. The predicted molar refractivity (Wildman–Crippen MR) is 156 cm³/mol. The Labute approximate surface area is 257 Å². The highest BCUT2D eigenvalue weighted by atomic mass is 19.4. The molecule has 1 amide bonds. The Hall–Kier alpha value is -5.53. The summed E-state index contributed by atoms with van der Waals surface area (Å²) < 4.78 is 87.9. The first-order chi connectivity index (χ1) is 21.9. The van der Waals surface area contributed by atoms with Crippen molar-refractivity contribution in [3.05, 3.63) is 101 Å². The van der Waals surface area contributed by atoms with Crippen molar-refractivity contribution in [3.8, 4) is 34.3 Å². The number of pyridine rings is 3. The molecule has 46 heavy (non-hydrogen) atoms. The summed E-state index contributed by atoms with van der Waals surface area (Å²) in [4.78, 5) is 35.2. The van der Waals surface area contributed by atoms with Crippen LogP contribution in [0.5, 0.6) is 23.1 Å². The monoisotopic (exact) mass is 638 g/mol. The van der Waals surface area contributed by atoms with Gasteiger partial charge < -0.3 is 24.1 Å². The van der Waals surface area contributed by atoms with Crippen molar-refractivity contribution in [2.75, 3.05) is 19.5 Å². The molecule has 0 saturated heterocycles. The second-order valence-electron chi connectivity index (χ2n) is 10.4. The van der Waals surface area contributed by atoms with Crippen LogP contribution in [0.1, 0.15) is 23.2 Å². The number of carbonyl (C=O) groups is 1. The summed E-state index contributed by atoms with van der Waals surface area (Å²) in [7, 11) is 2.83. The van der Waals surface area contributed by atoms with Crippen LogP contribution >= 0.6 is 0 Å². The molecule has 1 aliphatic rings. The van der Waals surface area contributed by atoms with E-state index in [0.717, 1.165) is 35.2 Å². The number of aromatic nitrogens is 3. The van der Waals surface area contributed by atoms with Crippen molar-refractivity contribution >= 4 is 22.6 Å². The van der Waals surface area contributed by atoms with E-state index in [9.17, 15) is 27.2 Å². The molecule has 3 heterocycles. The Morgan fingerprint density at radius 1 is 0.935 bits per heavy atom. The first-order valence-electron chi connectivity index (χ1n) is 13.7. The van der Waals surface area contributed by atoms with E-state index in [1.807, 2.05) is 0 Å². The number of amides is 1. The van der Waals surface area contributed by atoms with E-state index in [4.69, 9.17) is 14.2 Å². The molecule has 5 aromatic rings. The molecule has 6 rings (SSSR count). The van der Waals surface area contributed by atoms with Gasteiger partial charge in [0.1, 0.15) is 22.4 Å². The minimum Gasteiger partial charge on any atom is -0.491 e. The Bertz CT molecular complexity index is 2040. The second-order valence-corrected chi connectivity index (χ2v) is 10.4. The maximum Gasteiger partial charge on any atom is 0.411 e. The zero-order valence-electron chi connectivity index (χ0n) is 24.1. The number of ether oxygens (including phenoxy) is 3. The quantitative estimate of drug-likeness (QED) is 0.186. The van der Waals surface area contributed by atoms with Crippen molar-refractivity contribution < 1.29 is 41.0 Å². The van der Waals surface area contributed by atoms with Gasteiger partial charge >= 0.3 is 6.18 Å². The molecule has 0 atom stereocenters. The molecule has 0 radical (unpaired) electrons. The van der Waals surface area contributed by atoms with Crippen LogP contribution in [-0.2, 0) is 5.54 Å². The number of nitrogens with zero attached hydrogens (tertiary/aromatic N) is 3. The number of rotatable bonds is 8. The number of hydrogen-bond donors (Lipinski definition) is 1. The zero-order valence-corrected chi connectivity index (χ0v) is 24.1. The average Bonchev–Trinajstić information content (AvgIpc) is 3.85. The normalized spacial score (nSPS) is 13.7. The van der Waals surface area contributed by atoms with Crippen LogP contribution < -0.4 is 25.0 Å². The molecule has 1 aliphatic carbocycles. The van der Waals surface area contributed by atoms with Gasteiger partial charge in [-0.25, -0.2) is 13.8 Å². The van der Waals surface area contributed by atoms with E-state index >= 15 is 4.39 Å². The molecule has 236 valence electrons. The van der Waals surface area contributed by atoms with Gasteiger partial charge in [0.15, 0.2) is 23.1 Å². The van der Waals surface area contributed by atoms with E-state index < -0.39 is 40.2 Å². The summed E-state index contributed by atoms with van der Waals surface area (Å²) in [5, 5.41) is 2.37. The molecule has 1 N–H and O–H groups in total. The van der Waals surface area contributed by atoms with E-state index in [0.29, 0.717) is 11.3 Å². The Morgan fingerprint density at radius 3 is 2.30 bits per heavy atom. The first kappa shape index (κ1) is 30.5. The number of halogens is 5. The number of carbonyl (C=O) groups excluding carboxylic acids is 1. The largest absolute Gasteiger partial charge is 0.491 e. The smallest absolute Gasteiger partial charge is 0.411 e. The summed E-state index contributed by atoms with van der Waals surface area (Å²) >= 11 is 0. The number of nitrogens with one attached hydrogen (secondary N) is 1. The number of fused-ring (bicyclic) bond motifs is 1. The van der Waals surface area contributed by atoms with E-state index in [1.165, 1.54) is 50.7 Å². The van der Waals surface area contributed by atoms with Gasteiger partial charge in [-0.1, -0.05) is 12.1 Å². The number of benzene rings is 2. The van der Waals surface area contributed by atoms with Crippen molar-refractivity contribution in [1.82, 2.24) is 14.5 Å². The third-order valence-electron chi connectivity index (χ3n) is 7.60. The van der Waals surface area contributed by atoms with Crippen molar-refractivity contribution in [2.45, 2.75) is 24.6 Å². The first-order valence-corrected chi connectivity index (χ1v) is 13.7. The van der Waals surface area contributed by atoms with Gasteiger partial charge in [0.25, 0.3) is 11.8 Å². The third kappa shape index (κ3) is 5.46. The molecule has 2 aromatic carbocycles. The predicted octanol–water partition coefficient (Wildman–Crippen LogP) is 6.85. The van der Waals surface area contributed by atoms with Gasteiger partial charge in [-0.15, -0.1) is 0 Å². The molecule has 0 spiro atoms. The van der Waals surface area contributed by atoms with Gasteiger partial charge in [-0.3, -0.25) is 14.6 Å². The number of alkyl halides is 3. The van der Waals surface area contributed by atoms with Gasteiger partial charge in [-0.05, 0) is 42.7 Å². The molecule has 0 aliphatic heterocycles. The lowest BCUT2D eigenvalue weighted by molar-refractivity contribution is -0.180. The second kappa shape index (κ2) is 11.4. The molecule has 0 unspecified atom stereocenters. The highest BCUT2D eigenvalue weighted by Gasteiger charge is 2.64. The van der Waals surface area contributed by atoms with Crippen LogP contribution in [0.15, 0.2) is 78.0 Å². The van der Waals surface area contributed by atoms with Gasteiger partial charge in [-0.2, -0.15) is 13.2 Å². The number of methoxy groups -OCH3 is 2. The molecular weight excluding hydrogens is 615 g/mol. The highest BCUT2D eigenvalue weighted by molar-refractivity contribution is 6.04. The van der Waals surface area contributed by atoms with Crippen LogP contribution in [0.3, 0.4) is 0 Å². The molecule has 14 heteroatoms. The van der Waals surface area contributed by atoms with Crippen LogP contribution in [0, 0.1) is 11.6 Å². The van der Waals surface area contributed by atoms with E-state index in [2.05, 4.69) is 15.3 Å². The van der Waals surface area contributed by atoms with Crippen molar-refractivity contribution in [3.63, 3.8) is 0 Å². The summed E-state index contributed by atoms with van der Waals surface area (Å²) in [6.07, 6.45) is -1.89. The summed E-state index contributed by atoms with van der Waals surface area (Å²) in [5.74, 6) is -2.23. The topological polar surface area (TPSA) is 105 Å². The molecule has 0 bridgehead atoms. The Morgan fingerprint density at radius 2 is 1.67 bits per heavy atom. The van der Waals surface area contributed by atoms with Crippen molar-refractivity contribution in [1.29, 1.82) is 0 Å². The van der Waals surface area contributed by atoms with Crippen LogP contribution in [0.4, 0.5) is 27.6 Å². The minimum atomic E-state index is -4.66. The minimum absolute atomic E-state index is 0.103. The zero-order chi connectivity index (χ0) is 32.8. The lowest BCUT2D eigenvalue weighted by Crippen LogP contribution is -2.37. The van der Waals surface area contributed by atoms with Gasteiger partial charge in [0, 0.05) is 48.0 Å². The van der Waals surface area contributed by atoms with E-state index in [-0.39, 0.29) is 52.6 Å². The fourth-order valence-electron chi connectivity index (χ4n) is 4.99. The highest BCUT2D eigenvalue weighted by Crippen LogP contribution is 2.55. The summed E-state index contributed by atoms with van der Waals surface area (Å²) in [6.45, 7) is 0.